The van der Waals surface area contributed by atoms with Crippen LogP contribution in [0.4, 0.5) is 0 Å². The van der Waals surface area contributed by atoms with E-state index in [2.05, 4.69) is 10.5 Å². The summed E-state index contributed by atoms with van der Waals surface area (Å²) in [5, 5.41) is 23.4. The molecule has 4 rings (SSSR count). The predicted molar refractivity (Wildman–Crippen MR) is 98.2 cm³/mol. The van der Waals surface area contributed by atoms with Gasteiger partial charge < -0.3 is 19.4 Å². The zero-order valence-corrected chi connectivity index (χ0v) is 15.0. The van der Waals surface area contributed by atoms with Crippen LogP contribution >= 0.6 is 22.7 Å². The van der Waals surface area contributed by atoms with Gasteiger partial charge in [0.1, 0.15) is 5.60 Å². The van der Waals surface area contributed by atoms with Crippen molar-refractivity contribution in [1.29, 1.82) is 0 Å². The van der Waals surface area contributed by atoms with Crippen LogP contribution in [0.5, 0.6) is 0 Å². The number of carbonyl (C=O) groups is 1. The van der Waals surface area contributed by atoms with Crippen molar-refractivity contribution in [3.8, 4) is 11.5 Å². The van der Waals surface area contributed by atoms with E-state index in [0.29, 0.717) is 11.5 Å². The number of nitrogens with zero attached hydrogens (tertiary/aromatic N) is 1. The van der Waals surface area contributed by atoms with E-state index >= 15 is 0 Å². The highest BCUT2D eigenvalue weighted by atomic mass is 32.1. The van der Waals surface area contributed by atoms with Crippen molar-refractivity contribution in [3.05, 3.63) is 74.9 Å². The average molecular weight is 386 g/mol. The van der Waals surface area contributed by atoms with Crippen LogP contribution in [-0.4, -0.2) is 22.7 Å². The van der Waals surface area contributed by atoms with E-state index in [1.807, 2.05) is 34.3 Å². The van der Waals surface area contributed by atoms with Gasteiger partial charge in [-0.1, -0.05) is 11.2 Å². The van der Waals surface area contributed by atoms with Gasteiger partial charge in [0.15, 0.2) is 11.5 Å². The summed E-state index contributed by atoms with van der Waals surface area (Å²) in [6.07, 6.45) is 1.51. The van der Waals surface area contributed by atoms with Crippen LogP contribution in [0.1, 0.15) is 20.9 Å². The van der Waals surface area contributed by atoms with Crippen molar-refractivity contribution in [3.63, 3.8) is 0 Å². The molecule has 0 bridgehead atoms. The molecule has 26 heavy (non-hydrogen) atoms. The number of aliphatic hydroxyl groups is 1. The zero-order chi connectivity index (χ0) is 18.0. The van der Waals surface area contributed by atoms with Crippen LogP contribution in [0.2, 0.25) is 0 Å². The second-order valence-electron chi connectivity index (χ2n) is 5.59. The molecule has 0 spiro atoms. The van der Waals surface area contributed by atoms with Crippen LogP contribution in [0.3, 0.4) is 0 Å². The minimum Gasteiger partial charge on any atom is -0.461 e. The Kier molecular flexibility index (Phi) is 4.46. The van der Waals surface area contributed by atoms with Gasteiger partial charge in [-0.25, -0.2) is 0 Å². The fraction of sp³-hybridized carbons (Fsp3) is 0.111. The van der Waals surface area contributed by atoms with E-state index in [-0.39, 0.29) is 12.2 Å². The molecule has 0 aliphatic heterocycles. The number of amides is 1. The van der Waals surface area contributed by atoms with E-state index < -0.39 is 11.5 Å². The Labute approximate surface area is 156 Å². The summed E-state index contributed by atoms with van der Waals surface area (Å²) in [5.74, 6) is 0.424. The Morgan fingerprint density at radius 3 is 2.85 bits per heavy atom. The van der Waals surface area contributed by atoms with Crippen molar-refractivity contribution >= 4 is 28.6 Å². The number of rotatable bonds is 6. The molecule has 8 heteroatoms. The molecule has 2 N–H and O–H groups in total. The average Bonchev–Trinajstić information content (AvgIpc) is 3.45. The Bertz CT molecular complexity index is 938. The molecule has 4 aromatic rings. The lowest BCUT2D eigenvalue weighted by Crippen LogP contribution is -2.41. The van der Waals surface area contributed by atoms with Gasteiger partial charge in [0.05, 0.1) is 12.8 Å². The maximum Gasteiger partial charge on any atom is 0.273 e. The largest absolute Gasteiger partial charge is 0.461 e. The van der Waals surface area contributed by atoms with Gasteiger partial charge in [0.2, 0.25) is 5.76 Å². The third-order valence-electron chi connectivity index (χ3n) is 3.94. The molecule has 0 aliphatic carbocycles. The summed E-state index contributed by atoms with van der Waals surface area (Å²) in [7, 11) is 0. The smallest absolute Gasteiger partial charge is 0.273 e. The van der Waals surface area contributed by atoms with Crippen LogP contribution in [0.25, 0.3) is 11.5 Å². The molecular weight excluding hydrogens is 372 g/mol. The number of furan rings is 1. The number of thiophene rings is 2. The molecule has 4 heterocycles. The van der Waals surface area contributed by atoms with Crippen molar-refractivity contribution < 1.29 is 18.8 Å². The number of aromatic nitrogens is 1. The van der Waals surface area contributed by atoms with Crippen molar-refractivity contribution in [2.75, 3.05) is 6.54 Å². The molecule has 1 unspecified atom stereocenters. The van der Waals surface area contributed by atoms with E-state index in [0.717, 1.165) is 10.4 Å². The standard InChI is InChI=1S/C18H14N2O4S2/c21-17(13-9-15(24-20-13)14-3-1-6-23-14)19-11-18(22,12-5-8-25-10-12)16-4-2-7-26-16/h1-10,22H,11H2,(H,19,21). The summed E-state index contributed by atoms with van der Waals surface area (Å²) in [6.45, 7) is 0.0199. The molecule has 132 valence electrons. The first-order valence-electron chi connectivity index (χ1n) is 7.74. The topological polar surface area (TPSA) is 88.5 Å². The van der Waals surface area contributed by atoms with Crippen molar-refractivity contribution in [1.82, 2.24) is 10.5 Å². The SMILES string of the molecule is O=C(NCC(O)(c1ccsc1)c1cccs1)c1cc(-c2ccco2)on1. The van der Waals surface area contributed by atoms with Crippen LogP contribution in [0, 0.1) is 0 Å². The Morgan fingerprint density at radius 2 is 2.15 bits per heavy atom. The van der Waals surface area contributed by atoms with Gasteiger partial charge in [-0.2, -0.15) is 11.3 Å². The molecule has 1 amide bonds. The molecule has 1 atom stereocenters. The summed E-state index contributed by atoms with van der Waals surface area (Å²) >= 11 is 2.93. The van der Waals surface area contributed by atoms with E-state index in [1.165, 1.54) is 35.0 Å². The van der Waals surface area contributed by atoms with Gasteiger partial charge >= 0.3 is 0 Å². The number of nitrogens with one attached hydrogen (secondary N) is 1. The maximum absolute atomic E-state index is 12.4. The maximum atomic E-state index is 12.4. The molecule has 0 aromatic carbocycles. The highest BCUT2D eigenvalue weighted by molar-refractivity contribution is 7.10. The fourth-order valence-corrected chi connectivity index (χ4v) is 4.13. The van der Waals surface area contributed by atoms with Gasteiger partial charge in [-0.3, -0.25) is 4.79 Å². The molecule has 0 fully saturated rings. The highest BCUT2D eigenvalue weighted by Gasteiger charge is 2.34. The lowest BCUT2D eigenvalue weighted by Gasteiger charge is -2.26. The molecule has 0 saturated carbocycles. The van der Waals surface area contributed by atoms with Gasteiger partial charge in [0, 0.05) is 16.5 Å². The lowest BCUT2D eigenvalue weighted by atomic mass is 9.94. The molecule has 0 radical (unpaired) electrons. The molecular formula is C18H14N2O4S2. The van der Waals surface area contributed by atoms with Gasteiger partial charge in [-0.15, -0.1) is 11.3 Å². The fourth-order valence-electron chi connectivity index (χ4n) is 2.56. The monoisotopic (exact) mass is 386 g/mol. The van der Waals surface area contributed by atoms with Crippen molar-refractivity contribution in [2.45, 2.75) is 5.60 Å². The van der Waals surface area contributed by atoms with E-state index in [4.69, 9.17) is 8.94 Å². The first kappa shape index (κ1) is 16.8. The number of carbonyl (C=O) groups excluding carboxylic acids is 1. The Morgan fingerprint density at radius 1 is 1.23 bits per heavy atom. The third-order valence-corrected chi connectivity index (χ3v) is 5.64. The normalized spacial score (nSPS) is 13.4. The summed E-state index contributed by atoms with van der Waals surface area (Å²) in [4.78, 5) is 13.2. The Hall–Kier alpha value is -2.68. The summed E-state index contributed by atoms with van der Waals surface area (Å²) < 4.78 is 10.4. The van der Waals surface area contributed by atoms with E-state index in [9.17, 15) is 9.90 Å². The van der Waals surface area contributed by atoms with Crippen LogP contribution in [0.15, 0.2) is 67.7 Å². The molecule has 0 aliphatic rings. The summed E-state index contributed by atoms with van der Waals surface area (Å²) in [5.41, 5.74) is -0.436. The molecule has 6 nitrogen and oxygen atoms in total. The van der Waals surface area contributed by atoms with Gasteiger partial charge in [0.25, 0.3) is 5.91 Å². The van der Waals surface area contributed by atoms with Gasteiger partial charge in [-0.05, 0) is 40.4 Å². The summed E-state index contributed by atoms with van der Waals surface area (Å²) in [6, 6.07) is 10.5. The minimum absolute atomic E-state index is 0.0199. The number of hydrogen-bond donors (Lipinski definition) is 2. The lowest BCUT2D eigenvalue weighted by molar-refractivity contribution is 0.0716. The molecule has 0 saturated heterocycles. The first-order valence-corrected chi connectivity index (χ1v) is 9.57. The van der Waals surface area contributed by atoms with Crippen LogP contribution < -0.4 is 5.32 Å². The van der Waals surface area contributed by atoms with E-state index in [1.54, 1.807) is 12.1 Å². The highest BCUT2D eigenvalue weighted by Crippen LogP contribution is 2.33. The predicted octanol–water partition coefficient (Wildman–Crippen LogP) is 3.72. The number of hydrogen-bond acceptors (Lipinski definition) is 7. The van der Waals surface area contributed by atoms with Crippen LogP contribution in [-0.2, 0) is 5.60 Å². The third kappa shape index (κ3) is 3.10. The first-order chi connectivity index (χ1) is 12.7. The zero-order valence-electron chi connectivity index (χ0n) is 13.4. The second-order valence-corrected chi connectivity index (χ2v) is 7.31. The second kappa shape index (κ2) is 6.91. The molecule has 4 aromatic heterocycles. The minimum atomic E-state index is -1.29. The quantitative estimate of drug-likeness (QED) is 0.527. The van der Waals surface area contributed by atoms with Crippen molar-refractivity contribution in [2.24, 2.45) is 0 Å². The Balaban J connectivity index is 1.52.